The average Bonchev–Trinajstić information content (AvgIpc) is 2.80. The van der Waals surface area contributed by atoms with Gasteiger partial charge in [0.15, 0.2) is 0 Å². The normalized spacial score (nSPS) is 20.2. The van der Waals surface area contributed by atoms with Crippen LogP contribution in [0.2, 0.25) is 0 Å². The van der Waals surface area contributed by atoms with Gasteiger partial charge in [-0.25, -0.2) is 0 Å². The monoisotopic (exact) mass is 232 g/mol. The number of aryl methyl sites for hydroxylation is 1. The Morgan fingerprint density at radius 1 is 1.24 bits per heavy atom. The van der Waals surface area contributed by atoms with Crippen molar-refractivity contribution in [2.75, 3.05) is 32.1 Å². The van der Waals surface area contributed by atoms with Gasteiger partial charge in [-0.3, -0.25) is 0 Å². The van der Waals surface area contributed by atoms with Crippen LogP contribution in [0, 0.1) is 0 Å². The molecule has 1 atom stereocenters. The fourth-order valence-corrected chi connectivity index (χ4v) is 2.56. The molecule has 0 amide bonds. The molecule has 1 aliphatic rings. The predicted octanol–water partition coefficient (Wildman–Crippen LogP) is 2.78. The van der Waals surface area contributed by atoms with Gasteiger partial charge in [-0.15, -0.1) is 0 Å². The summed E-state index contributed by atoms with van der Waals surface area (Å²) in [5.41, 5.74) is 2.84. The van der Waals surface area contributed by atoms with Crippen LogP contribution in [0.4, 0.5) is 5.69 Å². The van der Waals surface area contributed by atoms with Gasteiger partial charge in [0.05, 0.1) is 0 Å². The zero-order valence-electron chi connectivity index (χ0n) is 11.3. The van der Waals surface area contributed by atoms with E-state index in [4.69, 9.17) is 0 Å². The summed E-state index contributed by atoms with van der Waals surface area (Å²) in [5, 5.41) is 0. The Morgan fingerprint density at radius 3 is 2.47 bits per heavy atom. The molecule has 0 N–H and O–H groups in total. The molecule has 1 aromatic carbocycles. The van der Waals surface area contributed by atoms with E-state index in [1.807, 2.05) is 0 Å². The van der Waals surface area contributed by atoms with Gasteiger partial charge in [-0.2, -0.15) is 0 Å². The maximum atomic E-state index is 2.50. The highest BCUT2D eigenvalue weighted by atomic mass is 15.2. The number of likely N-dealkylation sites (N-methyl/N-ethyl adjacent to an activating group) is 1. The minimum Gasteiger partial charge on any atom is -0.370 e. The fourth-order valence-electron chi connectivity index (χ4n) is 2.56. The molecule has 0 radical (unpaired) electrons. The van der Waals surface area contributed by atoms with Crippen molar-refractivity contribution >= 4 is 5.69 Å². The number of nitrogens with zero attached hydrogens (tertiary/aromatic N) is 2. The molecule has 0 saturated carbocycles. The summed E-state index contributed by atoms with van der Waals surface area (Å²) in [4.78, 5) is 4.84. The van der Waals surface area contributed by atoms with Gasteiger partial charge >= 0.3 is 0 Å². The van der Waals surface area contributed by atoms with Crippen molar-refractivity contribution in [3.05, 3.63) is 29.8 Å². The van der Waals surface area contributed by atoms with Gasteiger partial charge in [0.2, 0.25) is 0 Å². The van der Waals surface area contributed by atoms with Crippen molar-refractivity contribution in [3.63, 3.8) is 0 Å². The lowest BCUT2D eigenvalue weighted by molar-refractivity contribution is 0.315. The molecule has 0 bridgehead atoms. The summed E-state index contributed by atoms with van der Waals surface area (Å²) in [6, 6.07) is 9.83. The molecule has 1 fully saturated rings. The third kappa shape index (κ3) is 3.01. The fraction of sp³-hybridized carbons (Fsp3) is 0.600. The van der Waals surface area contributed by atoms with Crippen molar-refractivity contribution in [2.45, 2.75) is 32.2 Å². The molecule has 1 heterocycles. The van der Waals surface area contributed by atoms with Crippen LogP contribution >= 0.6 is 0 Å². The third-order valence-electron chi connectivity index (χ3n) is 3.73. The van der Waals surface area contributed by atoms with Crippen molar-refractivity contribution in [2.24, 2.45) is 0 Å². The van der Waals surface area contributed by atoms with Crippen LogP contribution in [0.15, 0.2) is 24.3 Å². The maximum Gasteiger partial charge on any atom is 0.0366 e. The number of hydrogen-bond acceptors (Lipinski definition) is 2. The average molecular weight is 232 g/mol. The zero-order valence-corrected chi connectivity index (χ0v) is 11.3. The van der Waals surface area contributed by atoms with Crippen LogP contribution < -0.4 is 4.90 Å². The number of benzene rings is 1. The van der Waals surface area contributed by atoms with Gasteiger partial charge in [0.25, 0.3) is 0 Å². The zero-order chi connectivity index (χ0) is 12.3. The van der Waals surface area contributed by atoms with Crippen molar-refractivity contribution in [1.82, 2.24) is 4.90 Å². The van der Waals surface area contributed by atoms with Gasteiger partial charge < -0.3 is 9.80 Å². The highest BCUT2D eigenvalue weighted by Crippen LogP contribution is 2.22. The lowest BCUT2D eigenvalue weighted by Crippen LogP contribution is -2.31. The second-order valence-electron chi connectivity index (χ2n) is 5.27. The molecule has 2 nitrogen and oxygen atoms in total. The minimum atomic E-state index is 0.713. The topological polar surface area (TPSA) is 6.48 Å². The third-order valence-corrected chi connectivity index (χ3v) is 3.73. The molecule has 94 valence electrons. The van der Waals surface area contributed by atoms with Crippen LogP contribution in [-0.2, 0) is 6.42 Å². The number of hydrogen-bond donors (Lipinski definition) is 0. The van der Waals surface area contributed by atoms with E-state index < -0.39 is 0 Å². The minimum absolute atomic E-state index is 0.713. The Balaban J connectivity index is 1.99. The summed E-state index contributed by atoms with van der Waals surface area (Å²) < 4.78 is 0. The molecule has 0 aliphatic carbocycles. The molecule has 0 aromatic heterocycles. The summed E-state index contributed by atoms with van der Waals surface area (Å²) in [5.74, 6) is 0. The van der Waals surface area contributed by atoms with E-state index >= 15 is 0 Å². The summed E-state index contributed by atoms with van der Waals surface area (Å²) in [6.07, 6.45) is 3.70. The second kappa shape index (κ2) is 5.54. The number of anilines is 1. The van der Waals surface area contributed by atoms with Crippen LogP contribution in [0.5, 0.6) is 0 Å². The largest absolute Gasteiger partial charge is 0.370 e. The van der Waals surface area contributed by atoms with Crippen molar-refractivity contribution in [1.29, 1.82) is 0 Å². The summed E-state index contributed by atoms with van der Waals surface area (Å²) >= 11 is 0. The summed E-state index contributed by atoms with van der Waals surface area (Å²) in [7, 11) is 4.36. The molecule has 0 spiro atoms. The molecule has 1 aliphatic heterocycles. The van der Waals surface area contributed by atoms with Crippen LogP contribution in [0.25, 0.3) is 0 Å². The van der Waals surface area contributed by atoms with Gasteiger partial charge in [-0.1, -0.05) is 25.5 Å². The first kappa shape index (κ1) is 12.4. The van der Waals surface area contributed by atoms with E-state index in [-0.39, 0.29) is 0 Å². The molecule has 1 unspecified atom stereocenters. The van der Waals surface area contributed by atoms with Crippen LogP contribution in [-0.4, -0.2) is 38.1 Å². The van der Waals surface area contributed by atoms with E-state index in [9.17, 15) is 0 Å². The van der Waals surface area contributed by atoms with Crippen molar-refractivity contribution in [3.8, 4) is 0 Å². The van der Waals surface area contributed by atoms with E-state index in [0.717, 1.165) is 0 Å². The Hall–Kier alpha value is -1.02. The molecule has 1 saturated heterocycles. The Kier molecular flexibility index (Phi) is 4.06. The molecule has 1 aromatic rings. The molecule has 17 heavy (non-hydrogen) atoms. The molecular weight excluding hydrogens is 208 g/mol. The molecule has 2 heteroatoms. The highest BCUT2D eigenvalue weighted by molar-refractivity contribution is 5.48. The smallest absolute Gasteiger partial charge is 0.0366 e. The van der Waals surface area contributed by atoms with Crippen molar-refractivity contribution < 1.29 is 0 Å². The second-order valence-corrected chi connectivity index (χ2v) is 5.27. The lowest BCUT2D eigenvalue weighted by atomic mass is 10.1. The SMILES string of the molecule is CCCc1ccc(N2CCC(N(C)C)C2)cc1. The van der Waals surface area contributed by atoms with E-state index in [2.05, 4.69) is 55.1 Å². The first-order valence-electron chi connectivity index (χ1n) is 6.71. The van der Waals surface area contributed by atoms with Gasteiger partial charge in [0, 0.05) is 24.8 Å². The van der Waals surface area contributed by atoms with Gasteiger partial charge in [-0.05, 0) is 44.6 Å². The first-order chi connectivity index (χ1) is 8.20. The molecular formula is C15H24N2. The summed E-state index contributed by atoms with van der Waals surface area (Å²) in [6.45, 7) is 4.59. The Bertz CT molecular complexity index is 342. The predicted molar refractivity (Wildman–Crippen MR) is 74.7 cm³/mol. The standard InChI is InChI=1S/C15H24N2/c1-4-5-13-6-8-14(9-7-13)17-11-10-15(12-17)16(2)3/h6-9,15H,4-5,10-12H2,1-3H3. The molecule has 2 rings (SSSR count). The lowest BCUT2D eigenvalue weighted by Gasteiger charge is -2.22. The van der Waals surface area contributed by atoms with E-state index in [0.29, 0.717) is 6.04 Å². The van der Waals surface area contributed by atoms with Gasteiger partial charge in [0.1, 0.15) is 0 Å². The maximum absolute atomic E-state index is 2.50. The Labute approximate surface area is 105 Å². The van der Waals surface area contributed by atoms with Crippen LogP contribution in [0.3, 0.4) is 0 Å². The number of rotatable bonds is 4. The quantitative estimate of drug-likeness (QED) is 0.787. The van der Waals surface area contributed by atoms with E-state index in [1.165, 1.54) is 43.6 Å². The first-order valence-corrected chi connectivity index (χ1v) is 6.71. The Morgan fingerprint density at radius 2 is 1.94 bits per heavy atom. The van der Waals surface area contributed by atoms with E-state index in [1.54, 1.807) is 0 Å². The highest BCUT2D eigenvalue weighted by Gasteiger charge is 2.23. The van der Waals surface area contributed by atoms with Crippen LogP contribution in [0.1, 0.15) is 25.3 Å².